The molecule has 0 radical (unpaired) electrons. The van der Waals surface area contributed by atoms with Gasteiger partial charge in [0.2, 0.25) is 0 Å². The van der Waals surface area contributed by atoms with Crippen molar-refractivity contribution >= 4 is 0 Å². The normalized spacial score (nSPS) is 13.4. The van der Waals surface area contributed by atoms with Crippen molar-refractivity contribution < 1.29 is 0 Å². The minimum absolute atomic E-state index is 0.631. The summed E-state index contributed by atoms with van der Waals surface area (Å²) in [5.41, 5.74) is 2.51. The molecule has 66 valence electrons. The highest BCUT2D eigenvalue weighted by molar-refractivity contribution is 5.19. The standard InChI is InChI=1S/C11H17N/c1-8(2)10(4)11-5-6-12-9(3)7-11/h5-8,10H,1-4H3. The molecule has 0 bridgehead atoms. The molecule has 1 unspecified atom stereocenters. The van der Waals surface area contributed by atoms with E-state index in [1.165, 1.54) is 5.56 Å². The van der Waals surface area contributed by atoms with E-state index in [-0.39, 0.29) is 0 Å². The van der Waals surface area contributed by atoms with Gasteiger partial charge in [0, 0.05) is 11.9 Å². The Morgan fingerprint density at radius 3 is 2.42 bits per heavy atom. The Kier molecular flexibility index (Phi) is 2.85. The van der Waals surface area contributed by atoms with Gasteiger partial charge in [-0.05, 0) is 36.5 Å². The molecule has 0 N–H and O–H groups in total. The number of aromatic nitrogens is 1. The molecule has 0 aromatic carbocycles. The second-order valence-corrected chi connectivity index (χ2v) is 3.76. The van der Waals surface area contributed by atoms with Gasteiger partial charge < -0.3 is 0 Å². The van der Waals surface area contributed by atoms with Crippen LogP contribution in [0, 0.1) is 12.8 Å². The number of nitrogens with zero attached hydrogens (tertiary/aromatic N) is 1. The molecule has 0 aliphatic heterocycles. The number of hydrogen-bond acceptors (Lipinski definition) is 1. The highest BCUT2D eigenvalue weighted by atomic mass is 14.6. The molecule has 0 saturated heterocycles. The van der Waals surface area contributed by atoms with Crippen LogP contribution >= 0.6 is 0 Å². The zero-order valence-corrected chi connectivity index (χ0v) is 8.33. The molecule has 0 aliphatic rings. The first-order valence-electron chi connectivity index (χ1n) is 4.54. The van der Waals surface area contributed by atoms with Gasteiger partial charge in [-0.1, -0.05) is 20.8 Å². The summed E-state index contributed by atoms with van der Waals surface area (Å²) >= 11 is 0. The second-order valence-electron chi connectivity index (χ2n) is 3.76. The van der Waals surface area contributed by atoms with Crippen LogP contribution in [0.25, 0.3) is 0 Å². The molecule has 1 heterocycles. The Balaban J connectivity index is 2.88. The Morgan fingerprint density at radius 2 is 1.92 bits per heavy atom. The summed E-state index contributed by atoms with van der Waals surface area (Å²) in [6.07, 6.45) is 1.89. The highest BCUT2D eigenvalue weighted by Gasteiger charge is 2.09. The minimum atomic E-state index is 0.631. The van der Waals surface area contributed by atoms with E-state index >= 15 is 0 Å². The third-order valence-corrected chi connectivity index (χ3v) is 2.45. The van der Waals surface area contributed by atoms with Crippen molar-refractivity contribution in [3.63, 3.8) is 0 Å². The monoisotopic (exact) mass is 163 g/mol. The van der Waals surface area contributed by atoms with E-state index in [1.807, 2.05) is 13.1 Å². The summed E-state index contributed by atoms with van der Waals surface area (Å²) in [7, 11) is 0. The van der Waals surface area contributed by atoms with Crippen LogP contribution in [-0.4, -0.2) is 4.98 Å². The van der Waals surface area contributed by atoms with Crippen molar-refractivity contribution in [2.45, 2.75) is 33.6 Å². The van der Waals surface area contributed by atoms with Gasteiger partial charge in [-0.15, -0.1) is 0 Å². The van der Waals surface area contributed by atoms with Crippen LogP contribution in [0.1, 0.15) is 37.9 Å². The first-order valence-corrected chi connectivity index (χ1v) is 4.54. The van der Waals surface area contributed by atoms with Crippen LogP contribution < -0.4 is 0 Å². The van der Waals surface area contributed by atoms with Crippen LogP contribution in [0.15, 0.2) is 18.3 Å². The summed E-state index contributed by atoms with van der Waals surface area (Å²) in [6.45, 7) is 8.80. The fourth-order valence-corrected chi connectivity index (χ4v) is 1.24. The fraction of sp³-hybridized carbons (Fsp3) is 0.545. The Bertz CT molecular complexity index is 253. The lowest BCUT2D eigenvalue weighted by molar-refractivity contribution is 0.534. The number of rotatable bonds is 2. The zero-order chi connectivity index (χ0) is 9.14. The zero-order valence-electron chi connectivity index (χ0n) is 8.33. The molecular weight excluding hydrogens is 146 g/mol. The van der Waals surface area contributed by atoms with E-state index in [0.717, 1.165) is 5.69 Å². The van der Waals surface area contributed by atoms with Crippen molar-refractivity contribution in [3.05, 3.63) is 29.6 Å². The average Bonchev–Trinajstić information content (AvgIpc) is 2.03. The SMILES string of the molecule is Cc1cc(C(C)C(C)C)ccn1. The van der Waals surface area contributed by atoms with Gasteiger partial charge in [0.25, 0.3) is 0 Å². The molecule has 0 spiro atoms. The van der Waals surface area contributed by atoms with Crippen molar-refractivity contribution in [3.8, 4) is 0 Å². The number of hydrogen-bond donors (Lipinski definition) is 0. The van der Waals surface area contributed by atoms with Crippen LogP contribution in [0.4, 0.5) is 0 Å². The Hall–Kier alpha value is -0.850. The highest BCUT2D eigenvalue weighted by Crippen LogP contribution is 2.23. The third kappa shape index (κ3) is 2.07. The maximum Gasteiger partial charge on any atom is 0.0375 e. The first kappa shape index (κ1) is 9.24. The summed E-state index contributed by atoms with van der Waals surface area (Å²) < 4.78 is 0. The molecule has 1 atom stereocenters. The van der Waals surface area contributed by atoms with Crippen LogP contribution in [0.5, 0.6) is 0 Å². The molecule has 0 saturated carbocycles. The maximum absolute atomic E-state index is 4.18. The molecule has 1 heteroatoms. The molecule has 0 amide bonds. The predicted octanol–water partition coefficient (Wildman–Crippen LogP) is 3.15. The molecule has 1 nitrogen and oxygen atoms in total. The van der Waals surface area contributed by atoms with E-state index in [9.17, 15) is 0 Å². The van der Waals surface area contributed by atoms with Gasteiger partial charge in [-0.3, -0.25) is 4.98 Å². The van der Waals surface area contributed by atoms with Crippen molar-refractivity contribution in [2.75, 3.05) is 0 Å². The van der Waals surface area contributed by atoms with E-state index in [4.69, 9.17) is 0 Å². The average molecular weight is 163 g/mol. The summed E-state index contributed by atoms with van der Waals surface area (Å²) in [5, 5.41) is 0. The molecule has 1 aromatic rings. The van der Waals surface area contributed by atoms with Gasteiger partial charge in [0.1, 0.15) is 0 Å². The quantitative estimate of drug-likeness (QED) is 0.652. The van der Waals surface area contributed by atoms with Crippen LogP contribution in [-0.2, 0) is 0 Å². The third-order valence-electron chi connectivity index (χ3n) is 2.45. The largest absolute Gasteiger partial charge is 0.262 e. The number of pyridine rings is 1. The lowest BCUT2D eigenvalue weighted by Gasteiger charge is -2.15. The Morgan fingerprint density at radius 1 is 1.25 bits per heavy atom. The second kappa shape index (κ2) is 3.70. The van der Waals surface area contributed by atoms with Crippen molar-refractivity contribution in [1.82, 2.24) is 4.98 Å². The molecule has 0 fully saturated rings. The summed E-state index contributed by atoms with van der Waals surface area (Å²) in [4.78, 5) is 4.18. The Labute approximate surface area is 74.8 Å². The lowest BCUT2D eigenvalue weighted by atomic mass is 9.91. The van der Waals surface area contributed by atoms with Gasteiger partial charge in [0.15, 0.2) is 0 Å². The predicted molar refractivity (Wildman–Crippen MR) is 52.2 cm³/mol. The van der Waals surface area contributed by atoms with Crippen LogP contribution in [0.3, 0.4) is 0 Å². The van der Waals surface area contributed by atoms with Gasteiger partial charge >= 0.3 is 0 Å². The van der Waals surface area contributed by atoms with Gasteiger partial charge in [0.05, 0.1) is 0 Å². The topological polar surface area (TPSA) is 12.9 Å². The van der Waals surface area contributed by atoms with Crippen LogP contribution in [0.2, 0.25) is 0 Å². The fourth-order valence-electron chi connectivity index (χ4n) is 1.24. The summed E-state index contributed by atoms with van der Waals surface area (Å²) in [5.74, 6) is 1.33. The van der Waals surface area contributed by atoms with E-state index < -0.39 is 0 Å². The minimum Gasteiger partial charge on any atom is -0.262 e. The molecule has 1 rings (SSSR count). The van der Waals surface area contributed by atoms with Crippen molar-refractivity contribution in [1.29, 1.82) is 0 Å². The molecule has 12 heavy (non-hydrogen) atoms. The van der Waals surface area contributed by atoms with Crippen molar-refractivity contribution in [2.24, 2.45) is 5.92 Å². The molecule has 1 aromatic heterocycles. The maximum atomic E-state index is 4.18. The first-order chi connectivity index (χ1) is 5.61. The number of aryl methyl sites for hydroxylation is 1. The van der Waals surface area contributed by atoms with E-state index in [2.05, 4.69) is 37.9 Å². The molecular formula is C11H17N. The summed E-state index contributed by atoms with van der Waals surface area (Å²) in [6, 6.07) is 4.28. The van der Waals surface area contributed by atoms with Gasteiger partial charge in [-0.2, -0.15) is 0 Å². The van der Waals surface area contributed by atoms with E-state index in [1.54, 1.807) is 0 Å². The van der Waals surface area contributed by atoms with Gasteiger partial charge in [-0.25, -0.2) is 0 Å². The lowest BCUT2D eigenvalue weighted by Crippen LogP contribution is -2.02. The molecule has 0 aliphatic carbocycles. The smallest absolute Gasteiger partial charge is 0.0375 e. The van der Waals surface area contributed by atoms with E-state index in [0.29, 0.717) is 11.8 Å².